The van der Waals surface area contributed by atoms with Gasteiger partial charge >= 0.3 is 0 Å². The van der Waals surface area contributed by atoms with Gasteiger partial charge in [0.1, 0.15) is 11.3 Å². The molecular weight excluding hydrogens is 426 g/mol. The Labute approximate surface area is 178 Å². The smallest absolute Gasteiger partial charge is 0.296 e. The van der Waals surface area contributed by atoms with E-state index in [1.165, 1.54) is 41.3 Å². The summed E-state index contributed by atoms with van der Waals surface area (Å²) in [5.74, 6) is -0.148. The van der Waals surface area contributed by atoms with Gasteiger partial charge in [-0.05, 0) is 30.7 Å². The van der Waals surface area contributed by atoms with Gasteiger partial charge in [-0.15, -0.1) is 0 Å². The van der Waals surface area contributed by atoms with Gasteiger partial charge in [0.2, 0.25) is 5.76 Å². The highest BCUT2D eigenvalue weighted by molar-refractivity contribution is 6.31. The normalized spacial score (nSPS) is 15.5. The Hall–Kier alpha value is -3.98. The van der Waals surface area contributed by atoms with Crippen molar-refractivity contribution in [2.24, 2.45) is 0 Å². The van der Waals surface area contributed by atoms with Crippen LogP contribution in [0.15, 0.2) is 62.3 Å². The predicted octanol–water partition coefficient (Wildman–Crippen LogP) is 4.40. The minimum atomic E-state index is -0.994. The highest BCUT2D eigenvalue weighted by atomic mass is 35.5. The second kappa shape index (κ2) is 6.78. The Morgan fingerprint density at radius 3 is 2.68 bits per heavy atom. The van der Waals surface area contributed by atoms with Crippen molar-refractivity contribution < 1.29 is 18.7 Å². The molecule has 3 heterocycles. The molecule has 0 saturated carbocycles. The fraction of sp³-hybridized carbons (Fsp3) is 0.0952. The third-order valence-corrected chi connectivity index (χ3v) is 5.33. The number of nitrogens with zero attached hydrogens (tertiary/aromatic N) is 3. The van der Waals surface area contributed by atoms with E-state index >= 15 is 0 Å². The Morgan fingerprint density at radius 2 is 1.97 bits per heavy atom. The lowest BCUT2D eigenvalue weighted by atomic mass is 9.98. The fourth-order valence-electron chi connectivity index (χ4n) is 3.77. The maximum Gasteiger partial charge on any atom is 0.296 e. The summed E-state index contributed by atoms with van der Waals surface area (Å²) >= 11 is 6.05. The van der Waals surface area contributed by atoms with Crippen LogP contribution in [0.1, 0.15) is 33.5 Å². The van der Waals surface area contributed by atoms with Crippen LogP contribution in [0, 0.1) is 17.0 Å². The lowest BCUT2D eigenvalue weighted by Crippen LogP contribution is -2.29. The van der Waals surface area contributed by atoms with Gasteiger partial charge in [0.15, 0.2) is 11.2 Å². The van der Waals surface area contributed by atoms with Crippen molar-refractivity contribution in [3.05, 3.63) is 96.5 Å². The number of anilines is 1. The first-order valence-corrected chi connectivity index (χ1v) is 9.50. The summed E-state index contributed by atoms with van der Waals surface area (Å²) in [6.45, 7) is 1.66. The number of benzene rings is 2. The number of nitro groups is 1. The number of aromatic nitrogens is 1. The maximum atomic E-state index is 13.4. The van der Waals surface area contributed by atoms with Gasteiger partial charge in [0.05, 0.1) is 21.9 Å². The monoisotopic (exact) mass is 437 g/mol. The average molecular weight is 438 g/mol. The Balaban J connectivity index is 1.83. The zero-order valence-corrected chi connectivity index (χ0v) is 16.6. The maximum absolute atomic E-state index is 13.4. The van der Waals surface area contributed by atoms with Crippen molar-refractivity contribution in [1.82, 2.24) is 5.16 Å². The topological polar surface area (TPSA) is 120 Å². The SMILES string of the molecule is Cc1cc(N2C(=O)c3oc4ccc(Cl)cc4c(=O)c3[C@H]2c2cccc([N+](=O)[O-])c2)no1. The number of nitro benzene ring substituents is 1. The molecule has 0 N–H and O–H groups in total. The van der Waals surface area contributed by atoms with E-state index in [-0.39, 0.29) is 33.8 Å². The van der Waals surface area contributed by atoms with Crippen LogP contribution in [-0.4, -0.2) is 16.0 Å². The number of non-ortho nitro benzene ring substituents is 1. The van der Waals surface area contributed by atoms with E-state index < -0.39 is 22.3 Å². The van der Waals surface area contributed by atoms with Gasteiger partial charge in [0, 0.05) is 23.2 Å². The Morgan fingerprint density at radius 1 is 1.16 bits per heavy atom. The molecule has 0 saturated heterocycles. The van der Waals surface area contributed by atoms with Crippen molar-refractivity contribution in [2.75, 3.05) is 4.90 Å². The lowest BCUT2D eigenvalue weighted by Gasteiger charge is -2.22. The molecule has 5 rings (SSSR count). The summed E-state index contributed by atoms with van der Waals surface area (Å²) in [4.78, 5) is 38.8. The summed E-state index contributed by atoms with van der Waals surface area (Å²) in [5.41, 5.74) is -0.0109. The summed E-state index contributed by atoms with van der Waals surface area (Å²) in [7, 11) is 0. The van der Waals surface area contributed by atoms with E-state index in [1.807, 2.05) is 0 Å². The van der Waals surface area contributed by atoms with Gasteiger partial charge in [-0.2, -0.15) is 0 Å². The minimum absolute atomic E-state index is 0.0564. The van der Waals surface area contributed by atoms with Crippen LogP contribution in [-0.2, 0) is 0 Å². The van der Waals surface area contributed by atoms with Gasteiger partial charge in [-0.25, -0.2) is 0 Å². The molecule has 4 aromatic rings. The molecule has 31 heavy (non-hydrogen) atoms. The molecule has 1 amide bonds. The number of carbonyl (C=O) groups excluding carboxylic acids is 1. The largest absolute Gasteiger partial charge is 0.450 e. The summed E-state index contributed by atoms with van der Waals surface area (Å²) in [6, 6.07) is 10.8. The number of amides is 1. The predicted molar refractivity (Wildman–Crippen MR) is 110 cm³/mol. The number of hydrogen-bond donors (Lipinski definition) is 0. The summed E-state index contributed by atoms with van der Waals surface area (Å²) < 4.78 is 10.9. The lowest BCUT2D eigenvalue weighted by molar-refractivity contribution is -0.384. The molecule has 0 spiro atoms. The van der Waals surface area contributed by atoms with E-state index in [1.54, 1.807) is 19.1 Å². The zero-order valence-electron chi connectivity index (χ0n) is 15.9. The minimum Gasteiger partial charge on any atom is -0.450 e. The van der Waals surface area contributed by atoms with Crippen molar-refractivity contribution in [3.63, 3.8) is 0 Å². The molecule has 0 fully saturated rings. The van der Waals surface area contributed by atoms with E-state index in [9.17, 15) is 19.7 Å². The number of carbonyl (C=O) groups is 1. The second-order valence-corrected chi connectivity index (χ2v) is 7.48. The van der Waals surface area contributed by atoms with Crippen LogP contribution in [0.2, 0.25) is 5.02 Å². The van der Waals surface area contributed by atoms with E-state index in [0.717, 1.165) is 0 Å². The standard InChI is InChI=1S/C21H12ClN3O6/c1-10-7-16(23-31-10)24-18(11-3-2-4-13(8-11)25(28)29)17-19(26)14-9-12(22)5-6-15(14)30-20(17)21(24)27/h2-9,18H,1H3/t18-/m1/s1. The summed E-state index contributed by atoms with van der Waals surface area (Å²) in [6.07, 6.45) is 0. The average Bonchev–Trinajstić information content (AvgIpc) is 3.30. The quantitative estimate of drug-likeness (QED) is 0.344. The molecule has 1 aliphatic rings. The number of hydrogen-bond acceptors (Lipinski definition) is 7. The van der Waals surface area contributed by atoms with Gasteiger partial charge in [-0.1, -0.05) is 28.9 Å². The van der Waals surface area contributed by atoms with Gasteiger partial charge < -0.3 is 8.94 Å². The first-order valence-electron chi connectivity index (χ1n) is 9.12. The van der Waals surface area contributed by atoms with Gasteiger partial charge in [-0.3, -0.25) is 24.6 Å². The van der Waals surface area contributed by atoms with Crippen molar-refractivity contribution >= 4 is 40.0 Å². The molecule has 2 aromatic heterocycles. The molecule has 0 bridgehead atoms. The molecular formula is C21H12ClN3O6. The molecule has 1 aliphatic heterocycles. The molecule has 1 atom stereocenters. The van der Waals surface area contributed by atoms with Crippen molar-refractivity contribution in [3.8, 4) is 0 Å². The molecule has 154 valence electrons. The third kappa shape index (κ3) is 2.89. The van der Waals surface area contributed by atoms with Crippen LogP contribution in [0.5, 0.6) is 0 Å². The number of aryl methyl sites for hydroxylation is 1. The Bertz CT molecular complexity index is 1460. The van der Waals surface area contributed by atoms with Gasteiger partial charge in [0.25, 0.3) is 11.6 Å². The van der Waals surface area contributed by atoms with E-state index in [0.29, 0.717) is 16.3 Å². The van der Waals surface area contributed by atoms with E-state index in [4.69, 9.17) is 20.5 Å². The zero-order chi connectivity index (χ0) is 21.9. The van der Waals surface area contributed by atoms with Crippen molar-refractivity contribution in [1.29, 1.82) is 0 Å². The van der Waals surface area contributed by atoms with Crippen LogP contribution >= 0.6 is 11.6 Å². The fourth-order valence-corrected chi connectivity index (χ4v) is 3.94. The van der Waals surface area contributed by atoms with Crippen LogP contribution in [0.25, 0.3) is 11.0 Å². The van der Waals surface area contributed by atoms with Crippen molar-refractivity contribution in [2.45, 2.75) is 13.0 Å². The molecule has 0 aliphatic carbocycles. The summed E-state index contributed by atoms with van der Waals surface area (Å²) in [5, 5.41) is 15.8. The number of rotatable bonds is 3. The van der Waals surface area contributed by atoms with Crippen LogP contribution in [0.3, 0.4) is 0 Å². The molecule has 10 heteroatoms. The molecule has 0 radical (unpaired) electrons. The first kappa shape index (κ1) is 19.0. The highest BCUT2D eigenvalue weighted by Gasteiger charge is 2.45. The number of fused-ring (bicyclic) bond motifs is 2. The molecule has 9 nitrogen and oxygen atoms in total. The highest BCUT2D eigenvalue weighted by Crippen LogP contribution is 2.41. The Kier molecular flexibility index (Phi) is 4.16. The molecule has 0 unspecified atom stereocenters. The second-order valence-electron chi connectivity index (χ2n) is 7.04. The van der Waals surface area contributed by atoms with Crippen LogP contribution < -0.4 is 10.3 Å². The van der Waals surface area contributed by atoms with E-state index in [2.05, 4.69) is 5.16 Å². The third-order valence-electron chi connectivity index (χ3n) is 5.09. The molecule has 2 aromatic carbocycles. The first-order chi connectivity index (χ1) is 14.8. The van der Waals surface area contributed by atoms with Crippen LogP contribution in [0.4, 0.5) is 11.5 Å². The number of halogens is 1.